The maximum absolute atomic E-state index is 13.3. The number of ether oxygens (including phenoxy) is 1. The summed E-state index contributed by atoms with van der Waals surface area (Å²) in [6, 6.07) is 4.98. The highest BCUT2D eigenvalue weighted by molar-refractivity contribution is 5.85. The second-order valence-electron chi connectivity index (χ2n) is 4.55. The first kappa shape index (κ1) is 15.2. The van der Waals surface area contributed by atoms with Gasteiger partial charge in [-0.2, -0.15) is 0 Å². The second-order valence-corrected chi connectivity index (χ2v) is 4.55. The first-order valence-electron chi connectivity index (χ1n) is 6.03. The zero-order chi connectivity index (χ0) is 12.3. The minimum absolute atomic E-state index is 0. The fourth-order valence-corrected chi connectivity index (χ4v) is 2.18. The molecule has 1 atom stereocenters. The SMILES string of the molecule is CC(N)Cc1cc(F)ccc1N1CCOCC1.Cl. The van der Waals surface area contributed by atoms with Crippen molar-refractivity contribution in [2.75, 3.05) is 31.2 Å². The molecule has 1 aromatic carbocycles. The van der Waals surface area contributed by atoms with Crippen LogP contribution >= 0.6 is 12.4 Å². The lowest BCUT2D eigenvalue weighted by Crippen LogP contribution is -2.37. The molecule has 0 aliphatic carbocycles. The molecule has 1 aromatic rings. The van der Waals surface area contributed by atoms with Gasteiger partial charge in [0, 0.05) is 24.8 Å². The van der Waals surface area contributed by atoms with E-state index in [9.17, 15) is 4.39 Å². The first-order valence-corrected chi connectivity index (χ1v) is 6.03. The number of nitrogens with two attached hydrogens (primary N) is 1. The van der Waals surface area contributed by atoms with Crippen molar-refractivity contribution in [2.45, 2.75) is 19.4 Å². The van der Waals surface area contributed by atoms with Crippen LogP contribution in [0.1, 0.15) is 12.5 Å². The van der Waals surface area contributed by atoms with Crippen LogP contribution in [-0.4, -0.2) is 32.3 Å². The first-order chi connectivity index (χ1) is 8.16. The number of anilines is 1. The van der Waals surface area contributed by atoms with Crippen molar-refractivity contribution in [1.29, 1.82) is 0 Å². The summed E-state index contributed by atoms with van der Waals surface area (Å²) in [5, 5.41) is 0. The Hall–Kier alpha value is -0.840. The van der Waals surface area contributed by atoms with Crippen LogP contribution in [0.15, 0.2) is 18.2 Å². The third kappa shape index (κ3) is 3.83. The maximum Gasteiger partial charge on any atom is 0.123 e. The number of halogens is 2. The molecule has 0 aromatic heterocycles. The lowest BCUT2D eigenvalue weighted by Gasteiger charge is -2.31. The third-order valence-electron chi connectivity index (χ3n) is 2.94. The molecule has 1 saturated heterocycles. The van der Waals surface area contributed by atoms with Crippen LogP contribution in [0.2, 0.25) is 0 Å². The highest BCUT2D eigenvalue weighted by Gasteiger charge is 2.15. The van der Waals surface area contributed by atoms with Gasteiger partial charge in [-0.25, -0.2) is 4.39 Å². The average molecular weight is 275 g/mol. The molecular formula is C13H20ClFN2O. The molecule has 1 unspecified atom stereocenters. The third-order valence-corrected chi connectivity index (χ3v) is 2.94. The Kier molecular flexibility index (Phi) is 5.85. The van der Waals surface area contributed by atoms with E-state index in [0.29, 0.717) is 6.42 Å². The van der Waals surface area contributed by atoms with Crippen LogP contribution in [0.5, 0.6) is 0 Å². The average Bonchev–Trinajstić information content (AvgIpc) is 2.29. The molecule has 0 saturated carbocycles. The minimum atomic E-state index is -0.197. The molecule has 0 radical (unpaired) electrons. The lowest BCUT2D eigenvalue weighted by molar-refractivity contribution is 0.122. The van der Waals surface area contributed by atoms with Crippen molar-refractivity contribution in [2.24, 2.45) is 5.73 Å². The fraction of sp³-hybridized carbons (Fsp3) is 0.538. The van der Waals surface area contributed by atoms with Crippen LogP contribution in [0.4, 0.5) is 10.1 Å². The topological polar surface area (TPSA) is 38.5 Å². The minimum Gasteiger partial charge on any atom is -0.378 e. The number of benzene rings is 1. The molecule has 5 heteroatoms. The molecular weight excluding hydrogens is 255 g/mol. The van der Waals surface area contributed by atoms with Gasteiger partial charge in [0.05, 0.1) is 13.2 Å². The number of rotatable bonds is 3. The summed E-state index contributed by atoms with van der Waals surface area (Å²) in [6.07, 6.45) is 0.699. The van der Waals surface area contributed by atoms with E-state index < -0.39 is 0 Å². The van der Waals surface area contributed by atoms with E-state index >= 15 is 0 Å². The van der Waals surface area contributed by atoms with Crippen molar-refractivity contribution in [1.82, 2.24) is 0 Å². The van der Waals surface area contributed by atoms with Crippen molar-refractivity contribution in [3.05, 3.63) is 29.6 Å². The normalized spacial score (nSPS) is 17.2. The molecule has 0 bridgehead atoms. The van der Waals surface area contributed by atoms with E-state index in [1.165, 1.54) is 6.07 Å². The molecule has 0 amide bonds. The molecule has 2 N–H and O–H groups in total. The van der Waals surface area contributed by atoms with Crippen LogP contribution in [0.25, 0.3) is 0 Å². The molecule has 18 heavy (non-hydrogen) atoms. The van der Waals surface area contributed by atoms with Gasteiger partial charge in [-0.05, 0) is 37.1 Å². The summed E-state index contributed by atoms with van der Waals surface area (Å²) in [4.78, 5) is 2.24. The Balaban J connectivity index is 0.00000162. The smallest absolute Gasteiger partial charge is 0.123 e. The van der Waals surface area contributed by atoms with E-state index in [2.05, 4.69) is 4.90 Å². The Morgan fingerprint density at radius 3 is 2.67 bits per heavy atom. The molecule has 0 spiro atoms. The molecule has 3 nitrogen and oxygen atoms in total. The molecule has 102 valence electrons. The van der Waals surface area contributed by atoms with Gasteiger partial charge in [0.1, 0.15) is 5.82 Å². The highest BCUT2D eigenvalue weighted by atomic mass is 35.5. The predicted molar refractivity (Wildman–Crippen MR) is 74.0 cm³/mol. The van der Waals surface area contributed by atoms with Gasteiger partial charge in [-0.3, -0.25) is 0 Å². The summed E-state index contributed by atoms with van der Waals surface area (Å²) >= 11 is 0. The largest absolute Gasteiger partial charge is 0.378 e. The zero-order valence-corrected chi connectivity index (χ0v) is 11.4. The number of morpholine rings is 1. The molecule has 1 aliphatic rings. The van der Waals surface area contributed by atoms with Crippen LogP contribution < -0.4 is 10.6 Å². The molecule has 1 fully saturated rings. The monoisotopic (exact) mass is 274 g/mol. The van der Waals surface area contributed by atoms with E-state index in [1.807, 2.05) is 13.0 Å². The number of nitrogens with zero attached hydrogens (tertiary/aromatic N) is 1. The lowest BCUT2D eigenvalue weighted by atomic mass is 10.0. The van der Waals surface area contributed by atoms with E-state index in [4.69, 9.17) is 10.5 Å². The Labute approximate surface area is 114 Å². The quantitative estimate of drug-likeness (QED) is 0.916. The van der Waals surface area contributed by atoms with Crippen molar-refractivity contribution in [3.8, 4) is 0 Å². The van der Waals surface area contributed by atoms with Gasteiger partial charge in [-0.15, -0.1) is 12.4 Å². The van der Waals surface area contributed by atoms with Crippen molar-refractivity contribution in [3.63, 3.8) is 0 Å². The van der Waals surface area contributed by atoms with Crippen LogP contribution in [-0.2, 0) is 11.2 Å². The van der Waals surface area contributed by atoms with Crippen LogP contribution in [0, 0.1) is 5.82 Å². The number of hydrogen-bond donors (Lipinski definition) is 1. The molecule has 2 rings (SSSR count). The van der Waals surface area contributed by atoms with Crippen molar-refractivity contribution < 1.29 is 9.13 Å². The summed E-state index contributed by atoms with van der Waals surface area (Å²) in [6.45, 7) is 5.12. The van der Waals surface area contributed by atoms with Crippen molar-refractivity contribution >= 4 is 18.1 Å². The fourth-order valence-electron chi connectivity index (χ4n) is 2.18. The van der Waals surface area contributed by atoms with Gasteiger partial charge < -0.3 is 15.4 Å². The maximum atomic E-state index is 13.3. The Bertz CT molecular complexity index is 381. The van der Waals surface area contributed by atoms with E-state index in [-0.39, 0.29) is 24.3 Å². The van der Waals surface area contributed by atoms with Crippen LogP contribution in [0.3, 0.4) is 0 Å². The molecule has 1 aliphatic heterocycles. The van der Waals surface area contributed by atoms with E-state index in [1.54, 1.807) is 6.07 Å². The summed E-state index contributed by atoms with van der Waals surface area (Å²) in [5.41, 5.74) is 7.88. The summed E-state index contributed by atoms with van der Waals surface area (Å²) in [5.74, 6) is -0.197. The number of hydrogen-bond acceptors (Lipinski definition) is 3. The van der Waals surface area contributed by atoms with Gasteiger partial charge in [-0.1, -0.05) is 0 Å². The Morgan fingerprint density at radius 2 is 2.06 bits per heavy atom. The van der Waals surface area contributed by atoms with Gasteiger partial charge in [0.15, 0.2) is 0 Å². The Morgan fingerprint density at radius 1 is 1.39 bits per heavy atom. The summed E-state index contributed by atoms with van der Waals surface area (Å²) in [7, 11) is 0. The standard InChI is InChI=1S/C13H19FN2O.ClH/c1-10(15)8-11-9-12(14)2-3-13(11)16-4-6-17-7-5-16;/h2-3,9-10H,4-8,15H2,1H3;1H. The van der Waals surface area contributed by atoms with Gasteiger partial charge in [0.2, 0.25) is 0 Å². The molecule has 1 heterocycles. The zero-order valence-electron chi connectivity index (χ0n) is 10.6. The van der Waals surface area contributed by atoms with Gasteiger partial charge in [0.25, 0.3) is 0 Å². The van der Waals surface area contributed by atoms with E-state index in [0.717, 1.165) is 37.6 Å². The van der Waals surface area contributed by atoms with Gasteiger partial charge >= 0.3 is 0 Å². The second kappa shape index (κ2) is 6.92. The summed E-state index contributed by atoms with van der Waals surface area (Å²) < 4.78 is 18.6. The highest BCUT2D eigenvalue weighted by Crippen LogP contribution is 2.23. The predicted octanol–water partition coefficient (Wildman–Crippen LogP) is 1.97.